The normalized spacial score (nSPS) is 19.0. The van der Waals surface area contributed by atoms with Gasteiger partial charge in [0.2, 0.25) is 0 Å². The van der Waals surface area contributed by atoms with Crippen LogP contribution in [0.25, 0.3) is 10.2 Å². The van der Waals surface area contributed by atoms with Gasteiger partial charge in [-0.3, -0.25) is 4.79 Å². The van der Waals surface area contributed by atoms with Gasteiger partial charge in [-0.2, -0.15) is 9.30 Å². The minimum absolute atomic E-state index is 0.255. The van der Waals surface area contributed by atoms with Gasteiger partial charge in [-0.15, -0.1) is 11.3 Å². The summed E-state index contributed by atoms with van der Waals surface area (Å²) < 4.78 is 30.1. The summed E-state index contributed by atoms with van der Waals surface area (Å²) in [6, 6.07) is 6.21. The molecule has 6 nitrogen and oxygen atoms in total. The van der Waals surface area contributed by atoms with E-state index in [9.17, 15) is 13.2 Å². The van der Waals surface area contributed by atoms with Crippen LogP contribution in [0.1, 0.15) is 18.4 Å². The third-order valence-corrected chi connectivity index (χ3v) is 9.38. The van der Waals surface area contributed by atoms with Crippen molar-refractivity contribution in [3.8, 4) is 0 Å². The summed E-state index contributed by atoms with van der Waals surface area (Å²) in [5, 5.41) is 2.35. The van der Waals surface area contributed by atoms with E-state index in [4.69, 9.17) is 11.6 Å². The Morgan fingerprint density at radius 1 is 1.36 bits per heavy atom. The van der Waals surface area contributed by atoms with E-state index in [-0.39, 0.29) is 4.21 Å². The standard InChI is InChI=1S/C18H18ClN3O3S3/c1-11-9-12(19)10-14-16(11)21(2)18(27-14)20-17(23)13-5-3-7-22(13)28(24,25)15-6-4-8-26-15/h4,6,8-10,13H,3,5,7H2,1-2H3. The fraction of sp³-hybridized carbons (Fsp3) is 0.333. The van der Waals surface area contributed by atoms with Gasteiger partial charge < -0.3 is 4.57 Å². The van der Waals surface area contributed by atoms with E-state index >= 15 is 0 Å². The molecule has 3 heterocycles. The van der Waals surface area contributed by atoms with Crippen LogP contribution in [0.2, 0.25) is 5.02 Å². The first-order valence-corrected chi connectivity index (χ1v) is 12.2. The summed E-state index contributed by atoms with van der Waals surface area (Å²) in [6.45, 7) is 2.29. The zero-order valence-corrected chi connectivity index (χ0v) is 18.5. The molecule has 1 unspecified atom stereocenters. The molecule has 3 aromatic rings. The smallest absolute Gasteiger partial charge is 0.266 e. The number of nitrogens with zero attached hydrogens (tertiary/aromatic N) is 3. The lowest BCUT2D eigenvalue weighted by Gasteiger charge is -2.20. The lowest BCUT2D eigenvalue weighted by Crippen LogP contribution is -2.40. The quantitative estimate of drug-likeness (QED) is 0.606. The average Bonchev–Trinajstić information content (AvgIpc) is 3.35. The first-order chi connectivity index (χ1) is 13.3. The third kappa shape index (κ3) is 3.35. The molecule has 0 spiro atoms. The number of halogens is 1. The third-order valence-electron chi connectivity index (χ3n) is 4.81. The van der Waals surface area contributed by atoms with Gasteiger partial charge in [0.05, 0.1) is 10.2 Å². The van der Waals surface area contributed by atoms with Gasteiger partial charge in [0.1, 0.15) is 10.3 Å². The first-order valence-electron chi connectivity index (χ1n) is 8.68. The molecule has 1 aromatic carbocycles. The SMILES string of the molecule is Cc1cc(Cl)cc2sc(=NC(=O)C3CCCN3S(=O)(=O)c3cccs3)n(C)c12. The predicted molar refractivity (Wildman–Crippen MR) is 112 cm³/mol. The number of rotatable bonds is 3. The van der Waals surface area contributed by atoms with Gasteiger partial charge in [0, 0.05) is 18.6 Å². The number of carbonyl (C=O) groups is 1. The molecule has 1 aliphatic rings. The number of aromatic nitrogens is 1. The number of benzene rings is 1. The topological polar surface area (TPSA) is 71.7 Å². The van der Waals surface area contributed by atoms with Crippen molar-refractivity contribution in [1.29, 1.82) is 0 Å². The summed E-state index contributed by atoms with van der Waals surface area (Å²) in [5.41, 5.74) is 1.97. The van der Waals surface area contributed by atoms with Crippen LogP contribution in [0.3, 0.4) is 0 Å². The first kappa shape index (κ1) is 19.8. The fourth-order valence-corrected chi connectivity index (χ4v) is 7.79. The van der Waals surface area contributed by atoms with E-state index in [1.807, 2.05) is 30.7 Å². The van der Waals surface area contributed by atoms with Crippen LogP contribution in [0.4, 0.5) is 0 Å². The van der Waals surface area contributed by atoms with Crippen molar-refractivity contribution in [2.45, 2.75) is 30.0 Å². The predicted octanol–water partition coefficient (Wildman–Crippen LogP) is 3.54. The number of hydrogen-bond donors (Lipinski definition) is 0. The van der Waals surface area contributed by atoms with E-state index in [0.29, 0.717) is 29.2 Å². The van der Waals surface area contributed by atoms with Gasteiger partial charge >= 0.3 is 0 Å². The molecule has 0 bridgehead atoms. The van der Waals surface area contributed by atoms with Crippen LogP contribution in [0.5, 0.6) is 0 Å². The van der Waals surface area contributed by atoms with E-state index < -0.39 is 22.0 Å². The van der Waals surface area contributed by atoms with E-state index in [1.165, 1.54) is 15.6 Å². The molecule has 0 N–H and O–H groups in total. The van der Waals surface area contributed by atoms with Crippen LogP contribution in [-0.2, 0) is 21.9 Å². The molecule has 28 heavy (non-hydrogen) atoms. The molecule has 0 aliphatic carbocycles. The molecule has 10 heteroatoms. The minimum atomic E-state index is -3.68. The molecule has 1 saturated heterocycles. The van der Waals surface area contributed by atoms with Gasteiger partial charge in [-0.25, -0.2) is 8.42 Å². The molecule has 1 aliphatic heterocycles. The Kier molecular flexibility index (Phi) is 5.22. The maximum absolute atomic E-state index is 12.9. The highest BCUT2D eigenvalue weighted by atomic mass is 35.5. The van der Waals surface area contributed by atoms with Crippen LogP contribution < -0.4 is 4.80 Å². The summed E-state index contributed by atoms with van der Waals surface area (Å²) in [7, 11) is -1.83. The number of carbonyl (C=O) groups excluding carboxylic acids is 1. The number of sulfonamides is 1. The number of thiazole rings is 1. The summed E-state index contributed by atoms with van der Waals surface area (Å²) in [5.74, 6) is -0.427. The van der Waals surface area contributed by atoms with Crippen molar-refractivity contribution in [1.82, 2.24) is 8.87 Å². The Bertz CT molecular complexity index is 1230. The molecule has 0 saturated carbocycles. The second kappa shape index (κ2) is 7.38. The molecule has 1 fully saturated rings. The molecule has 0 radical (unpaired) electrons. The van der Waals surface area contributed by atoms with Crippen molar-refractivity contribution in [2.75, 3.05) is 6.54 Å². The highest BCUT2D eigenvalue weighted by Gasteiger charge is 2.39. The number of amides is 1. The number of fused-ring (bicyclic) bond motifs is 1. The van der Waals surface area contributed by atoms with Gasteiger partial charge in [0.15, 0.2) is 4.80 Å². The summed E-state index contributed by atoms with van der Waals surface area (Å²) in [4.78, 5) is 17.7. The monoisotopic (exact) mass is 455 g/mol. The van der Waals surface area contributed by atoms with Crippen LogP contribution in [0, 0.1) is 6.92 Å². The van der Waals surface area contributed by atoms with Crippen molar-refractivity contribution in [2.24, 2.45) is 12.0 Å². The molecular formula is C18H18ClN3O3S3. The average molecular weight is 456 g/mol. The Morgan fingerprint density at radius 3 is 2.86 bits per heavy atom. The van der Waals surface area contributed by atoms with Gasteiger partial charge in [-0.05, 0) is 48.9 Å². The number of hydrogen-bond acceptors (Lipinski definition) is 5. The Balaban J connectivity index is 1.73. The number of aryl methyl sites for hydroxylation is 2. The molecule has 4 rings (SSSR count). The highest BCUT2D eigenvalue weighted by Crippen LogP contribution is 2.29. The molecule has 2 aromatic heterocycles. The maximum Gasteiger partial charge on any atom is 0.266 e. The molecule has 1 atom stereocenters. The molecule has 1 amide bonds. The van der Waals surface area contributed by atoms with Crippen LogP contribution in [-0.4, -0.2) is 35.8 Å². The fourth-order valence-electron chi connectivity index (χ4n) is 3.54. The lowest BCUT2D eigenvalue weighted by atomic mass is 10.2. The van der Waals surface area contributed by atoms with Crippen LogP contribution >= 0.6 is 34.3 Å². The van der Waals surface area contributed by atoms with Crippen molar-refractivity contribution < 1.29 is 13.2 Å². The summed E-state index contributed by atoms with van der Waals surface area (Å²) >= 11 is 8.67. The zero-order chi connectivity index (χ0) is 20.1. The number of thiophene rings is 1. The highest BCUT2D eigenvalue weighted by molar-refractivity contribution is 7.91. The Labute approximate surface area is 175 Å². The lowest BCUT2D eigenvalue weighted by molar-refractivity contribution is -0.121. The second-order valence-corrected chi connectivity index (χ2v) is 11.2. The van der Waals surface area contributed by atoms with Gasteiger partial charge in [-0.1, -0.05) is 29.0 Å². The maximum atomic E-state index is 12.9. The van der Waals surface area contributed by atoms with E-state index in [0.717, 1.165) is 27.1 Å². The second-order valence-electron chi connectivity index (χ2n) is 6.67. The largest absolute Gasteiger partial charge is 0.319 e. The minimum Gasteiger partial charge on any atom is -0.319 e. The Morgan fingerprint density at radius 2 is 2.14 bits per heavy atom. The van der Waals surface area contributed by atoms with Crippen molar-refractivity contribution in [3.63, 3.8) is 0 Å². The van der Waals surface area contributed by atoms with E-state index in [1.54, 1.807) is 17.5 Å². The zero-order valence-electron chi connectivity index (χ0n) is 15.3. The molecule has 148 valence electrons. The van der Waals surface area contributed by atoms with E-state index in [2.05, 4.69) is 4.99 Å². The van der Waals surface area contributed by atoms with Gasteiger partial charge in [0.25, 0.3) is 15.9 Å². The van der Waals surface area contributed by atoms with Crippen molar-refractivity contribution >= 4 is 60.4 Å². The molecular weight excluding hydrogens is 438 g/mol. The van der Waals surface area contributed by atoms with Crippen LogP contribution in [0.15, 0.2) is 38.8 Å². The van der Waals surface area contributed by atoms with Crippen molar-refractivity contribution in [3.05, 3.63) is 45.0 Å². The Hall–Kier alpha value is -1.52. The summed E-state index contributed by atoms with van der Waals surface area (Å²) in [6.07, 6.45) is 1.12.